The molecule has 1 aromatic heterocycles. The molecule has 1 fully saturated rings. The standard InChI is InChI=1S/C22H25F2N3O5S/c1-31-7-8-32-21-13-25-20(12-26-21)27-22(28)17(9-14-10-18(23)19(24)11-14)15-3-5-16(6-4-15)33(2,29)30/h3-6,9,12-14,18-19H,7-8,10-11H2,1-2H3,(H,25,27,28)/t14?,18-,19+. The summed E-state index contributed by atoms with van der Waals surface area (Å²) < 4.78 is 61.1. The first-order valence-corrected chi connectivity index (χ1v) is 12.1. The van der Waals surface area contributed by atoms with Crippen molar-refractivity contribution in [3.05, 3.63) is 48.3 Å². The van der Waals surface area contributed by atoms with E-state index in [1.807, 2.05) is 0 Å². The fraction of sp³-hybridized carbons (Fsp3) is 0.409. The zero-order valence-corrected chi connectivity index (χ0v) is 19.0. The minimum Gasteiger partial charge on any atom is -0.474 e. The topological polar surface area (TPSA) is 107 Å². The third kappa shape index (κ3) is 6.78. The molecule has 1 amide bonds. The molecule has 178 valence electrons. The summed E-state index contributed by atoms with van der Waals surface area (Å²) in [6.45, 7) is 0.673. The number of halogens is 2. The lowest BCUT2D eigenvalue weighted by molar-refractivity contribution is -0.111. The first-order chi connectivity index (χ1) is 15.7. The SMILES string of the molecule is COCCOc1cnc(NC(=O)C(=CC2C[C@@H](F)[C@@H](F)C2)c2ccc(S(C)(=O)=O)cc2)cn1. The number of alkyl halides is 2. The van der Waals surface area contributed by atoms with Gasteiger partial charge in [-0.2, -0.15) is 0 Å². The van der Waals surface area contributed by atoms with Crippen LogP contribution in [-0.2, 0) is 19.4 Å². The molecule has 1 N–H and O–H groups in total. The Morgan fingerprint density at radius 2 is 1.79 bits per heavy atom. The fourth-order valence-electron chi connectivity index (χ4n) is 3.39. The molecule has 1 heterocycles. The molecule has 1 aromatic carbocycles. The molecule has 1 aliphatic carbocycles. The summed E-state index contributed by atoms with van der Waals surface area (Å²) in [6.07, 6.45) is 2.02. The van der Waals surface area contributed by atoms with Crippen LogP contribution in [0, 0.1) is 5.92 Å². The highest BCUT2D eigenvalue weighted by Gasteiger charge is 2.34. The number of aromatic nitrogens is 2. The van der Waals surface area contributed by atoms with Gasteiger partial charge < -0.3 is 14.8 Å². The summed E-state index contributed by atoms with van der Waals surface area (Å²) in [7, 11) is -1.88. The smallest absolute Gasteiger partial charge is 0.257 e. The van der Waals surface area contributed by atoms with Gasteiger partial charge in [0.1, 0.15) is 19.0 Å². The van der Waals surface area contributed by atoms with Gasteiger partial charge in [-0.25, -0.2) is 27.2 Å². The highest BCUT2D eigenvalue weighted by Crippen LogP contribution is 2.34. The summed E-state index contributed by atoms with van der Waals surface area (Å²) in [4.78, 5) is 21.3. The zero-order valence-electron chi connectivity index (χ0n) is 18.2. The van der Waals surface area contributed by atoms with Gasteiger partial charge in [0, 0.05) is 18.9 Å². The fourth-order valence-corrected chi connectivity index (χ4v) is 4.03. The van der Waals surface area contributed by atoms with E-state index >= 15 is 0 Å². The predicted octanol–water partition coefficient (Wildman–Crippen LogP) is 3.01. The Labute approximate surface area is 191 Å². The van der Waals surface area contributed by atoms with Crippen molar-refractivity contribution in [1.29, 1.82) is 0 Å². The Balaban J connectivity index is 1.82. The van der Waals surface area contributed by atoms with Crippen molar-refractivity contribution in [2.45, 2.75) is 30.1 Å². The van der Waals surface area contributed by atoms with Gasteiger partial charge in [-0.3, -0.25) is 4.79 Å². The molecule has 3 rings (SSSR count). The summed E-state index contributed by atoms with van der Waals surface area (Å²) in [5, 5.41) is 2.61. The van der Waals surface area contributed by atoms with Gasteiger partial charge in [0.25, 0.3) is 5.91 Å². The second-order valence-electron chi connectivity index (χ2n) is 7.68. The van der Waals surface area contributed by atoms with E-state index < -0.39 is 34.0 Å². The van der Waals surface area contributed by atoms with Crippen LogP contribution >= 0.6 is 0 Å². The lowest BCUT2D eigenvalue weighted by Crippen LogP contribution is -2.16. The van der Waals surface area contributed by atoms with E-state index in [4.69, 9.17) is 9.47 Å². The predicted molar refractivity (Wildman–Crippen MR) is 118 cm³/mol. The highest BCUT2D eigenvalue weighted by atomic mass is 32.2. The van der Waals surface area contributed by atoms with Gasteiger partial charge in [-0.1, -0.05) is 18.2 Å². The first kappa shape index (κ1) is 24.7. The number of carbonyl (C=O) groups is 1. The number of sulfone groups is 1. The number of rotatable bonds is 9. The second kappa shape index (κ2) is 10.8. The molecule has 2 aromatic rings. The van der Waals surface area contributed by atoms with Crippen molar-refractivity contribution in [3.8, 4) is 5.88 Å². The molecule has 11 heteroatoms. The molecule has 0 radical (unpaired) electrons. The minimum atomic E-state index is -3.42. The first-order valence-electron chi connectivity index (χ1n) is 10.2. The maximum Gasteiger partial charge on any atom is 0.257 e. The Kier molecular flexibility index (Phi) is 8.09. The van der Waals surface area contributed by atoms with Crippen molar-refractivity contribution in [2.24, 2.45) is 5.92 Å². The summed E-state index contributed by atoms with van der Waals surface area (Å²) in [6, 6.07) is 5.72. The lowest BCUT2D eigenvalue weighted by Gasteiger charge is -2.12. The van der Waals surface area contributed by atoms with Crippen molar-refractivity contribution >= 4 is 27.1 Å². The molecule has 1 unspecified atom stereocenters. The van der Waals surface area contributed by atoms with Crippen LogP contribution in [0.2, 0.25) is 0 Å². The Morgan fingerprint density at radius 3 is 2.33 bits per heavy atom. The van der Waals surface area contributed by atoms with Gasteiger partial charge in [-0.15, -0.1) is 0 Å². The van der Waals surface area contributed by atoms with E-state index in [2.05, 4.69) is 15.3 Å². The molecular weight excluding hydrogens is 456 g/mol. The number of nitrogens with zero attached hydrogens (tertiary/aromatic N) is 2. The Hall–Kier alpha value is -2.92. The number of amides is 1. The molecule has 33 heavy (non-hydrogen) atoms. The number of hydrogen-bond acceptors (Lipinski definition) is 7. The Bertz CT molecular complexity index is 1080. The van der Waals surface area contributed by atoms with Crippen molar-refractivity contribution in [3.63, 3.8) is 0 Å². The van der Waals surface area contributed by atoms with E-state index in [-0.39, 0.29) is 35.0 Å². The quantitative estimate of drug-likeness (QED) is 0.433. The molecule has 0 saturated heterocycles. The van der Waals surface area contributed by atoms with E-state index in [1.54, 1.807) is 7.11 Å². The minimum absolute atomic E-state index is 0.0350. The molecule has 0 aliphatic heterocycles. The summed E-state index contributed by atoms with van der Waals surface area (Å²) >= 11 is 0. The second-order valence-corrected chi connectivity index (χ2v) is 9.69. The number of anilines is 1. The lowest BCUT2D eigenvalue weighted by atomic mass is 9.98. The maximum absolute atomic E-state index is 13.7. The molecule has 3 atom stereocenters. The molecular formula is C22H25F2N3O5S. The number of carbonyl (C=O) groups excluding carboxylic acids is 1. The molecule has 1 aliphatic rings. The van der Waals surface area contributed by atoms with E-state index in [1.165, 1.54) is 42.7 Å². The largest absolute Gasteiger partial charge is 0.474 e. The van der Waals surface area contributed by atoms with Crippen molar-refractivity contribution in [1.82, 2.24) is 9.97 Å². The van der Waals surface area contributed by atoms with Crippen LogP contribution < -0.4 is 10.1 Å². The summed E-state index contributed by atoms with van der Waals surface area (Å²) in [5.74, 6) is -0.642. The number of nitrogens with one attached hydrogen (secondary N) is 1. The van der Waals surface area contributed by atoms with Crippen LogP contribution in [0.5, 0.6) is 5.88 Å². The van der Waals surface area contributed by atoms with Gasteiger partial charge in [0.2, 0.25) is 5.88 Å². The van der Waals surface area contributed by atoms with Gasteiger partial charge in [0.15, 0.2) is 15.7 Å². The number of hydrogen-bond donors (Lipinski definition) is 1. The van der Waals surface area contributed by atoms with Crippen molar-refractivity contribution < 1.29 is 31.5 Å². The zero-order chi connectivity index (χ0) is 24.0. The van der Waals surface area contributed by atoms with Crippen LogP contribution in [0.25, 0.3) is 5.57 Å². The maximum atomic E-state index is 13.7. The van der Waals surface area contributed by atoms with Gasteiger partial charge in [-0.05, 0) is 36.5 Å². The average molecular weight is 482 g/mol. The van der Waals surface area contributed by atoms with E-state index in [0.29, 0.717) is 18.8 Å². The number of ether oxygens (including phenoxy) is 2. The van der Waals surface area contributed by atoms with Gasteiger partial charge >= 0.3 is 0 Å². The highest BCUT2D eigenvalue weighted by molar-refractivity contribution is 7.90. The van der Waals surface area contributed by atoms with Gasteiger partial charge in [0.05, 0.1) is 23.9 Å². The normalized spacial score (nSPS) is 21.1. The number of methoxy groups -OCH3 is 1. The van der Waals surface area contributed by atoms with Crippen LogP contribution in [0.1, 0.15) is 18.4 Å². The van der Waals surface area contributed by atoms with E-state index in [9.17, 15) is 22.0 Å². The van der Waals surface area contributed by atoms with Crippen LogP contribution in [0.4, 0.5) is 14.6 Å². The third-order valence-electron chi connectivity index (χ3n) is 5.10. The molecule has 8 nitrogen and oxygen atoms in total. The van der Waals surface area contributed by atoms with E-state index in [0.717, 1.165) is 6.26 Å². The summed E-state index contributed by atoms with van der Waals surface area (Å²) in [5.41, 5.74) is 0.564. The number of allylic oxidation sites excluding steroid dienone is 1. The molecule has 1 saturated carbocycles. The van der Waals surface area contributed by atoms with Crippen LogP contribution in [0.3, 0.4) is 0 Å². The Morgan fingerprint density at radius 1 is 1.12 bits per heavy atom. The number of benzene rings is 1. The third-order valence-corrected chi connectivity index (χ3v) is 6.22. The molecule has 0 bridgehead atoms. The monoisotopic (exact) mass is 481 g/mol. The average Bonchev–Trinajstić information content (AvgIpc) is 3.10. The van der Waals surface area contributed by atoms with Crippen molar-refractivity contribution in [2.75, 3.05) is 31.9 Å². The van der Waals surface area contributed by atoms with Crippen LogP contribution in [-0.4, -0.2) is 63.2 Å². The molecule has 0 spiro atoms. The van der Waals surface area contributed by atoms with Crippen LogP contribution in [0.15, 0.2) is 47.6 Å².